The first-order valence-corrected chi connectivity index (χ1v) is 8.59. The van der Waals surface area contributed by atoms with Crippen LogP contribution in [-0.2, 0) is 11.8 Å². The van der Waals surface area contributed by atoms with Crippen molar-refractivity contribution in [3.05, 3.63) is 64.3 Å². The maximum absolute atomic E-state index is 11.9. The molecule has 0 saturated heterocycles. The number of hydrogen-bond acceptors (Lipinski definition) is 3. The highest BCUT2D eigenvalue weighted by Crippen LogP contribution is 2.25. The number of fused-ring (bicyclic) bond motifs is 1. The number of halogens is 1. The zero-order chi connectivity index (χ0) is 18.7. The van der Waals surface area contributed by atoms with Crippen molar-refractivity contribution in [2.45, 2.75) is 13.8 Å². The molecule has 3 rings (SSSR count). The molecule has 0 fully saturated rings. The molecule has 1 amide bonds. The first kappa shape index (κ1) is 18.0. The summed E-state index contributed by atoms with van der Waals surface area (Å²) in [6.45, 7) is 3.68. The lowest BCUT2D eigenvalue weighted by Crippen LogP contribution is -2.24. The summed E-state index contributed by atoms with van der Waals surface area (Å²) in [6, 6.07) is 11.6. The Hall–Kier alpha value is -2.79. The van der Waals surface area contributed by atoms with E-state index in [2.05, 4.69) is 10.5 Å². The Morgan fingerprint density at radius 2 is 1.96 bits per heavy atom. The lowest BCUT2D eigenvalue weighted by atomic mass is 10.1. The van der Waals surface area contributed by atoms with Crippen molar-refractivity contribution in [1.29, 1.82) is 0 Å². The van der Waals surface area contributed by atoms with Gasteiger partial charge in [0.2, 0.25) is 0 Å². The molecule has 0 spiro atoms. The number of para-hydroxylation sites is 1. The van der Waals surface area contributed by atoms with Crippen molar-refractivity contribution in [2.24, 2.45) is 12.1 Å². The van der Waals surface area contributed by atoms with E-state index in [0.29, 0.717) is 10.8 Å². The molecule has 2 aromatic carbocycles. The summed E-state index contributed by atoms with van der Waals surface area (Å²) in [6.07, 6.45) is 3.60. The van der Waals surface area contributed by atoms with Crippen LogP contribution in [0.25, 0.3) is 10.9 Å². The van der Waals surface area contributed by atoms with Gasteiger partial charge in [0.15, 0.2) is 6.61 Å². The molecule has 1 aromatic heterocycles. The Morgan fingerprint density at radius 1 is 1.27 bits per heavy atom. The average Bonchev–Trinajstić information content (AvgIpc) is 2.94. The van der Waals surface area contributed by atoms with Gasteiger partial charge < -0.3 is 9.30 Å². The van der Waals surface area contributed by atoms with Crippen LogP contribution >= 0.6 is 11.6 Å². The summed E-state index contributed by atoms with van der Waals surface area (Å²) in [5.41, 5.74) is 6.36. The van der Waals surface area contributed by atoms with E-state index in [1.807, 2.05) is 68.1 Å². The van der Waals surface area contributed by atoms with Crippen molar-refractivity contribution in [3.8, 4) is 5.75 Å². The van der Waals surface area contributed by atoms with Crippen molar-refractivity contribution in [2.75, 3.05) is 6.61 Å². The molecule has 0 radical (unpaired) electrons. The van der Waals surface area contributed by atoms with Gasteiger partial charge in [0.05, 0.1) is 6.21 Å². The number of aryl methyl sites for hydroxylation is 3. The third kappa shape index (κ3) is 3.89. The number of amides is 1. The van der Waals surface area contributed by atoms with Crippen LogP contribution in [0.5, 0.6) is 5.75 Å². The fourth-order valence-corrected chi connectivity index (χ4v) is 2.93. The van der Waals surface area contributed by atoms with E-state index in [0.717, 1.165) is 27.6 Å². The fourth-order valence-electron chi connectivity index (χ4n) is 2.82. The molecule has 3 aromatic rings. The molecular formula is C20H20ClN3O2. The fraction of sp³-hybridized carbons (Fsp3) is 0.200. The van der Waals surface area contributed by atoms with Crippen molar-refractivity contribution >= 4 is 34.6 Å². The van der Waals surface area contributed by atoms with E-state index in [4.69, 9.17) is 16.3 Å². The van der Waals surface area contributed by atoms with Crippen LogP contribution < -0.4 is 10.2 Å². The first-order chi connectivity index (χ1) is 12.5. The van der Waals surface area contributed by atoms with Gasteiger partial charge in [-0.2, -0.15) is 5.10 Å². The molecule has 1 N–H and O–H groups in total. The van der Waals surface area contributed by atoms with Gasteiger partial charge >= 0.3 is 0 Å². The lowest BCUT2D eigenvalue weighted by Gasteiger charge is -2.09. The highest BCUT2D eigenvalue weighted by Gasteiger charge is 2.07. The minimum absolute atomic E-state index is 0.118. The van der Waals surface area contributed by atoms with Crippen LogP contribution in [0.1, 0.15) is 16.7 Å². The molecule has 0 aliphatic carbocycles. The number of nitrogens with one attached hydrogen (secondary N) is 1. The molecule has 134 valence electrons. The number of hydrazone groups is 1. The number of carbonyl (C=O) groups is 1. The largest absolute Gasteiger partial charge is 0.484 e. The average molecular weight is 370 g/mol. The zero-order valence-electron chi connectivity index (χ0n) is 14.9. The SMILES string of the molecule is Cc1cc(OCC(=O)N/N=C/c2cn(C)c3ccccc23)cc(C)c1Cl. The smallest absolute Gasteiger partial charge is 0.277 e. The van der Waals surface area contributed by atoms with E-state index in [1.54, 1.807) is 6.21 Å². The summed E-state index contributed by atoms with van der Waals surface area (Å²) < 4.78 is 7.53. The van der Waals surface area contributed by atoms with E-state index in [-0.39, 0.29) is 12.5 Å². The van der Waals surface area contributed by atoms with Gasteiger partial charge in [-0.3, -0.25) is 4.79 Å². The van der Waals surface area contributed by atoms with Gasteiger partial charge in [-0.1, -0.05) is 29.8 Å². The Balaban J connectivity index is 1.59. The molecular weight excluding hydrogens is 350 g/mol. The van der Waals surface area contributed by atoms with Crippen LogP contribution in [0.15, 0.2) is 47.7 Å². The van der Waals surface area contributed by atoms with Crippen LogP contribution in [0.3, 0.4) is 0 Å². The van der Waals surface area contributed by atoms with E-state index in [9.17, 15) is 4.79 Å². The van der Waals surface area contributed by atoms with Crippen LogP contribution in [-0.4, -0.2) is 23.3 Å². The van der Waals surface area contributed by atoms with Crippen molar-refractivity contribution in [3.63, 3.8) is 0 Å². The first-order valence-electron chi connectivity index (χ1n) is 8.21. The van der Waals surface area contributed by atoms with Crippen LogP contribution in [0.4, 0.5) is 0 Å². The number of nitrogens with zero attached hydrogens (tertiary/aromatic N) is 2. The second kappa shape index (κ2) is 7.62. The number of benzene rings is 2. The Morgan fingerprint density at radius 3 is 2.69 bits per heavy atom. The second-order valence-corrected chi connectivity index (χ2v) is 6.54. The highest BCUT2D eigenvalue weighted by atomic mass is 35.5. The van der Waals surface area contributed by atoms with E-state index < -0.39 is 0 Å². The Bertz CT molecular complexity index is 969. The maximum atomic E-state index is 11.9. The normalized spacial score (nSPS) is 11.2. The predicted molar refractivity (Wildman–Crippen MR) is 105 cm³/mol. The molecule has 26 heavy (non-hydrogen) atoms. The quantitative estimate of drug-likeness (QED) is 0.546. The minimum Gasteiger partial charge on any atom is -0.484 e. The topological polar surface area (TPSA) is 55.6 Å². The number of hydrogen-bond donors (Lipinski definition) is 1. The van der Waals surface area contributed by atoms with Gasteiger partial charge in [0.25, 0.3) is 5.91 Å². The van der Waals surface area contributed by atoms with Gasteiger partial charge in [0.1, 0.15) is 5.75 Å². The van der Waals surface area contributed by atoms with E-state index in [1.165, 1.54) is 0 Å². The highest BCUT2D eigenvalue weighted by molar-refractivity contribution is 6.32. The molecule has 0 saturated carbocycles. The summed E-state index contributed by atoms with van der Waals surface area (Å²) in [5, 5.41) is 5.82. The predicted octanol–water partition coefficient (Wildman–Crippen LogP) is 3.98. The molecule has 1 heterocycles. The van der Waals surface area contributed by atoms with Gasteiger partial charge in [-0.05, 0) is 43.2 Å². The standard InChI is InChI=1S/C20H20ClN3O2/c1-13-8-16(9-14(2)20(13)21)26-12-19(25)23-22-10-15-11-24(3)18-7-5-4-6-17(15)18/h4-11H,12H2,1-3H3,(H,23,25)/b22-10+. The maximum Gasteiger partial charge on any atom is 0.277 e. The van der Waals surface area contributed by atoms with Crippen molar-refractivity contribution in [1.82, 2.24) is 9.99 Å². The van der Waals surface area contributed by atoms with Gasteiger partial charge in [-0.25, -0.2) is 5.43 Å². The monoisotopic (exact) mass is 369 g/mol. The molecule has 6 heteroatoms. The third-order valence-electron chi connectivity index (χ3n) is 4.10. The Kier molecular flexibility index (Phi) is 5.28. The lowest BCUT2D eigenvalue weighted by molar-refractivity contribution is -0.123. The zero-order valence-corrected chi connectivity index (χ0v) is 15.7. The van der Waals surface area contributed by atoms with Crippen LogP contribution in [0.2, 0.25) is 5.02 Å². The number of rotatable bonds is 5. The van der Waals surface area contributed by atoms with Gasteiger partial charge in [0, 0.05) is 34.7 Å². The second-order valence-electron chi connectivity index (χ2n) is 6.17. The summed E-state index contributed by atoms with van der Waals surface area (Å²) >= 11 is 6.13. The molecule has 0 aliphatic heterocycles. The number of carbonyl (C=O) groups excluding carboxylic acids is 1. The number of ether oxygens (including phenoxy) is 1. The minimum atomic E-state index is -0.327. The summed E-state index contributed by atoms with van der Waals surface area (Å²) in [7, 11) is 1.97. The number of aromatic nitrogens is 1. The van der Waals surface area contributed by atoms with Crippen molar-refractivity contribution < 1.29 is 9.53 Å². The third-order valence-corrected chi connectivity index (χ3v) is 4.70. The molecule has 0 atom stereocenters. The molecule has 0 bridgehead atoms. The summed E-state index contributed by atoms with van der Waals surface area (Å²) in [5.74, 6) is 0.282. The van der Waals surface area contributed by atoms with Crippen LogP contribution in [0, 0.1) is 13.8 Å². The summed E-state index contributed by atoms with van der Waals surface area (Å²) in [4.78, 5) is 11.9. The molecule has 0 aliphatic rings. The molecule has 5 nitrogen and oxygen atoms in total. The Labute approximate surface area is 157 Å². The molecule has 0 unspecified atom stereocenters. The van der Waals surface area contributed by atoms with Gasteiger partial charge in [-0.15, -0.1) is 0 Å². The van der Waals surface area contributed by atoms with E-state index >= 15 is 0 Å².